The van der Waals surface area contributed by atoms with E-state index in [1.54, 1.807) is 0 Å². The fraction of sp³-hybridized carbons (Fsp3) is 0.192. The van der Waals surface area contributed by atoms with Gasteiger partial charge in [0.15, 0.2) is 0 Å². The summed E-state index contributed by atoms with van der Waals surface area (Å²) in [5.41, 5.74) is 12.8. The van der Waals surface area contributed by atoms with Gasteiger partial charge < -0.3 is 9.80 Å². The Morgan fingerprint density at radius 1 is 0.296 bits per heavy atom. The summed E-state index contributed by atoms with van der Waals surface area (Å²) in [6.07, 6.45) is 7.65. The van der Waals surface area contributed by atoms with Crippen LogP contribution in [-0.2, 0) is 0 Å². The van der Waals surface area contributed by atoms with Crippen molar-refractivity contribution in [2.24, 2.45) is 0 Å². The van der Waals surface area contributed by atoms with E-state index < -0.39 is 0 Å². The number of anilines is 2. The number of nitrogens with zero attached hydrogens (tertiary/aromatic N) is 2. The number of benzene rings is 8. The third-order valence-electron chi connectivity index (χ3n) is 12.0. The second-order valence-electron chi connectivity index (χ2n) is 15.4. The zero-order valence-electron chi connectivity index (χ0n) is 31.0. The molecule has 2 saturated heterocycles. The van der Waals surface area contributed by atoms with Crippen LogP contribution in [0.3, 0.4) is 0 Å². The summed E-state index contributed by atoms with van der Waals surface area (Å²) in [5, 5.41) is 7.86. The lowest BCUT2D eigenvalue weighted by atomic mass is 9.83. The van der Waals surface area contributed by atoms with Gasteiger partial charge in [-0.15, -0.1) is 0 Å². The Kier molecular flexibility index (Phi) is 8.60. The van der Waals surface area contributed by atoms with Crippen LogP contribution in [0.15, 0.2) is 158 Å². The minimum atomic E-state index is 1.12. The summed E-state index contributed by atoms with van der Waals surface area (Å²) in [4.78, 5) is 5.23. The Labute approximate surface area is 319 Å². The van der Waals surface area contributed by atoms with Gasteiger partial charge in [0.2, 0.25) is 0 Å². The molecule has 0 atom stereocenters. The van der Waals surface area contributed by atoms with Crippen LogP contribution in [0.25, 0.3) is 76.8 Å². The molecule has 2 fully saturated rings. The van der Waals surface area contributed by atoms with E-state index in [0.717, 1.165) is 26.2 Å². The molecule has 2 aliphatic rings. The molecule has 8 aromatic carbocycles. The van der Waals surface area contributed by atoms with Crippen molar-refractivity contribution in [2.45, 2.75) is 38.5 Å². The third-order valence-corrected chi connectivity index (χ3v) is 12.0. The molecule has 0 N–H and O–H groups in total. The monoisotopic (exact) mass is 698 g/mol. The van der Waals surface area contributed by atoms with E-state index in [1.807, 2.05) is 0 Å². The van der Waals surface area contributed by atoms with E-state index in [0.29, 0.717) is 0 Å². The highest BCUT2D eigenvalue weighted by Gasteiger charge is 2.23. The zero-order chi connectivity index (χ0) is 35.8. The average molecular weight is 699 g/mol. The molecule has 2 nitrogen and oxygen atoms in total. The first-order chi connectivity index (χ1) is 26.8. The Morgan fingerprint density at radius 2 is 0.778 bits per heavy atom. The summed E-state index contributed by atoms with van der Waals surface area (Å²) in [7, 11) is 0. The van der Waals surface area contributed by atoms with Gasteiger partial charge in [0.1, 0.15) is 0 Å². The summed E-state index contributed by atoms with van der Waals surface area (Å²) in [5.74, 6) is 0. The Bertz CT molecular complexity index is 2550. The minimum Gasteiger partial charge on any atom is -0.372 e. The predicted octanol–water partition coefficient (Wildman–Crippen LogP) is 13.8. The smallest absolute Gasteiger partial charge is 0.0372 e. The maximum atomic E-state index is 2.61. The van der Waals surface area contributed by atoms with Crippen LogP contribution >= 0.6 is 0 Å². The highest BCUT2D eigenvalue weighted by Crippen LogP contribution is 2.48. The van der Waals surface area contributed by atoms with Gasteiger partial charge >= 0.3 is 0 Å². The predicted molar refractivity (Wildman–Crippen MR) is 233 cm³/mol. The molecule has 8 aromatic rings. The van der Waals surface area contributed by atoms with Gasteiger partial charge in [-0.1, -0.05) is 115 Å². The molecule has 2 heterocycles. The molecule has 2 heteroatoms. The molecular weight excluding hydrogens is 653 g/mol. The van der Waals surface area contributed by atoms with E-state index in [1.165, 1.54) is 127 Å². The second kappa shape index (κ2) is 14.2. The normalized spacial score (nSPS) is 15.0. The number of hydrogen-bond acceptors (Lipinski definition) is 2. The van der Waals surface area contributed by atoms with Crippen LogP contribution in [0.2, 0.25) is 0 Å². The molecule has 0 aromatic heterocycles. The van der Waals surface area contributed by atoms with Crippen molar-refractivity contribution >= 4 is 43.7 Å². The number of piperidine rings is 2. The molecule has 10 rings (SSSR count). The van der Waals surface area contributed by atoms with E-state index in [-0.39, 0.29) is 0 Å². The highest BCUT2D eigenvalue weighted by molar-refractivity contribution is 6.24. The average Bonchev–Trinajstić information content (AvgIpc) is 3.26. The molecule has 54 heavy (non-hydrogen) atoms. The Morgan fingerprint density at radius 3 is 1.37 bits per heavy atom. The first-order valence-corrected chi connectivity index (χ1v) is 20.1. The lowest BCUT2D eigenvalue weighted by molar-refractivity contribution is 0.578. The summed E-state index contributed by atoms with van der Waals surface area (Å²) >= 11 is 0. The molecule has 0 radical (unpaired) electrons. The first kappa shape index (κ1) is 32.8. The van der Waals surface area contributed by atoms with Gasteiger partial charge in [-0.05, 0) is 158 Å². The van der Waals surface area contributed by atoms with Gasteiger partial charge in [0.05, 0.1) is 0 Å². The molecule has 0 spiro atoms. The zero-order valence-corrected chi connectivity index (χ0v) is 31.0. The summed E-state index contributed by atoms with van der Waals surface area (Å²) in [6.45, 7) is 4.47. The molecule has 0 amide bonds. The SMILES string of the molecule is c1ccc(-c2cc(-c3ccccc3)cc(-c3c4cc(N5CCCCC5)ccc4c(-c4cccc5ccccc45)c4cc(N5CCCCC5)ccc34)c2)cc1. The van der Waals surface area contributed by atoms with E-state index in [4.69, 9.17) is 0 Å². The minimum absolute atomic E-state index is 1.12. The molecule has 0 unspecified atom stereocenters. The summed E-state index contributed by atoms with van der Waals surface area (Å²) in [6, 6.07) is 59.6. The number of rotatable bonds is 6. The van der Waals surface area contributed by atoms with Gasteiger partial charge in [0.25, 0.3) is 0 Å². The largest absolute Gasteiger partial charge is 0.372 e. The van der Waals surface area contributed by atoms with Crippen molar-refractivity contribution in [1.82, 2.24) is 0 Å². The lowest BCUT2D eigenvalue weighted by Crippen LogP contribution is -2.29. The fourth-order valence-electron chi connectivity index (χ4n) is 9.31. The van der Waals surface area contributed by atoms with Crippen LogP contribution < -0.4 is 9.80 Å². The van der Waals surface area contributed by atoms with Gasteiger partial charge in [0, 0.05) is 37.6 Å². The molecule has 0 bridgehead atoms. The molecular formula is C52H46N2. The van der Waals surface area contributed by atoms with Crippen molar-refractivity contribution in [1.29, 1.82) is 0 Å². The van der Waals surface area contributed by atoms with Crippen molar-refractivity contribution in [3.63, 3.8) is 0 Å². The summed E-state index contributed by atoms with van der Waals surface area (Å²) < 4.78 is 0. The lowest BCUT2D eigenvalue weighted by Gasteiger charge is -2.30. The second-order valence-corrected chi connectivity index (χ2v) is 15.4. The van der Waals surface area contributed by atoms with Gasteiger partial charge in [-0.2, -0.15) is 0 Å². The van der Waals surface area contributed by atoms with Gasteiger partial charge in [-0.25, -0.2) is 0 Å². The highest BCUT2D eigenvalue weighted by atomic mass is 15.1. The quantitative estimate of drug-likeness (QED) is 0.160. The maximum absolute atomic E-state index is 2.61. The molecule has 264 valence electrons. The van der Waals surface area contributed by atoms with Crippen molar-refractivity contribution in [2.75, 3.05) is 36.0 Å². The third kappa shape index (κ3) is 6.00. The van der Waals surface area contributed by atoms with E-state index in [2.05, 4.69) is 168 Å². The first-order valence-electron chi connectivity index (χ1n) is 20.1. The van der Waals surface area contributed by atoms with E-state index in [9.17, 15) is 0 Å². The number of hydrogen-bond donors (Lipinski definition) is 0. The van der Waals surface area contributed by atoms with Crippen molar-refractivity contribution < 1.29 is 0 Å². The van der Waals surface area contributed by atoms with Crippen LogP contribution in [0.5, 0.6) is 0 Å². The van der Waals surface area contributed by atoms with Crippen molar-refractivity contribution in [3.8, 4) is 44.5 Å². The topological polar surface area (TPSA) is 6.48 Å². The Balaban J connectivity index is 1.33. The molecule has 0 aliphatic carbocycles. The van der Waals surface area contributed by atoms with Crippen LogP contribution in [0.1, 0.15) is 38.5 Å². The standard InChI is InChI=1S/C52H46N2/c1-5-16-37(17-6-1)40-32-41(38-18-7-2-8-19-38)34-42(33-40)51-47-26-24-44(54-30-13-4-14-31-54)36-50(47)52(46-23-15-21-39-20-9-10-22-45(39)46)48-27-25-43(35-49(48)51)53-28-11-3-12-29-53/h1-2,5-10,15-27,32-36H,3-4,11-14,28-31H2. The number of fused-ring (bicyclic) bond motifs is 3. The Hall–Kier alpha value is -5.86. The van der Waals surface area contributed by atoms with Crippen molar-refractivity contribution in [3.05, 3.63) is 158 Å². The van der Waals surface area contributed by atoms with Gasteiger partial charge in [-0.3, -0.25) is 0 Å². The van der Waals surface area contributed by atoms with E-state index >= 15 is 0 Å². The fourth-order valence-corrected chi connectivity index (χ4v) is 9.31. The van der Waals surface area contributed by atoms with Crippen LogP contribution in [0, 0.1) is 0 Å². The maximum Gasteiger partial charge on any atom is 0.0372 e. The molecule has 2 aliphatic heterocycles. The van der Waals surface area contributed by atoms with Crippen LogP contribution in [-0.4, -0.2) is 26.2 Å². The molecule has 0 saturated carbocycles. The van der Waals surface area contributed by atoms with Crippen LogP contribution in [0.4, 0.5) is 11.4 Å².